The number of anilines is 2. The number of hydrogen-bond donors (Lipinski definition) is 2. The van der Waals surface area contributed by atoms with Gasteiger partial charge >= 0.3 is 0 Å². The topological polar surface area (TPSA) is 113 Å². The summed E-state index contributed by atoms with van der Waals surface area (Å²) in [6.07, 6.45) is 12.3. The molecular formula is C43H56N6O4. The van der Waals surface area contributed by atoms with Crippen molar-refractivity contribution >= 4 is 34.8 Å². The lowest BCUT2D eigenvalue weighted by atomic mass is 10.00. The lowest BCUT2D eigenvalue weighted by Gasteiger charge is -2.34. The van der Waals surface area contributed by atoms with Gasteiger partial charge in [0.25, 0.3) is 0 Å². The molecule has 3 fully saturated rings. The molecule has 0 bridgehead atoms. The molecule has 5 aromatic rings. The molecule has 282 valence electrons. The van der Waals surface area contributed by atoms with Gasteiger partial charge in [0.2, 0.25) is 12.3 Å². The molecule has 3 aromatic carbocycles. The van der Waals surface area contributed by atoms with E-state index in [0.717, 1.165) is 72.1 Å². The molecule has 2 N–H and O–H groups in total. The first-order chi connectivity index (χ1) is 26.0. The molecule has 0 radical (unpaired) electrons. The lowest BCUT2D eigenvalue weighted by Crippen LogP contribution is -2.46. The number of ether oxygens (including phenoxy) is 1. The van der Waals surface area contributed by atoms with Crippen LogP contribution in [-0.2, 0) is 22.7 Å². The van der Waals surface area contributed by atoms with Crippen molar-refractivity contribution in [2.24, 2.45) is 0 Å². The second kappa shape index (κ2) is 19.1. The predicted molar refractivity (Wildman–Crippen MR) is 214 cm³/mol. The van der Waals surface area contributed by atoms with Crippen LogP contribution in [0.25, 0.3) is 11.1 Å². The number of amides is 2. The number of oxazole rings is 1. The first-order valence-corrected chi connectivity index (χ1v) is 19.0. The van der Waals surface area contributed by atoms with E-state index >= 15 is 0 Å². The van der Waals surface area contributed by atoms with E-state index in [0.29, 0.717) is 18.8 Å². The minimum Gasteiger partial charge on any atom is -0.497 e. The minimum atomic E-state index is -0.119. The molecular weight excluding hydrogens is 665 g/mol. The van der Waals surface area contributed by atoms with Gasteiger partial charge in [0.1, 0.15) is 11.3 Å². The molecule has 0 unspecified atom stereocenters. The monoisotopic (exact) mass is 720 g/mol. The smallest absolute Gasteiger partial charge is 0.241 e. The fourth-order valence-corrected chi connectivity index (χ4v) is 7.01. The molecule has 2 saturated heterocycles. The van der Waals surface area contributed by atoms with E-state index in [9.17, 15) is 9.59 Å². The third kappa shape index (κ3) is 11.2. The normalized spacial score (nSPS) is 17.4. The highest BCUT2D eigenvalue weighted by atomic mass is 16.5. The Morgan fingerprint density at radius 3 is 2.32 bits per heavy atom. The Bertz CT molecular complexity index is 1880. The summed E-state index contributed by atoms with van der Waals surface area (Å²) in [5.41, 5.74) is 7.05. The maximum Gasteiger partial charge on any atom is 0.241 e. The van der Waals surface area contributed by atoms with Gasteiger partial charge in [-0.3, -0.25) is 24.4 Å². The highest BCUT2D eigenvalue weighted by Crippen LogP contribution is 2.40. The van der Waals surface area contributed by atoms with Crippen LogP contribution in [0.15, 0.2) is 95.5 Å². The standard InChI is InChI=1S/C24H27N3O2.C11H16N2.C8H9NO2.2H2/c1-16-25-21-6-4-5-19(23(21)29-16)15-27-14-3-2-7-22(27)24(28)26-20-12-10-18(11-13-20)17-8-9-17;1-4-8-13(9-5-1)10-11-6-2-3-7-12-11;1-11-8-4-2-7(3-5-8)9-6-10;;/h4-6,10-13,17,22H,2-3,7-9,14-15H2,1H3,(H,26,28);2-3,6-7H,1,4-5,8-10H2;2-6H,1H3,(H,9,10);2*1H/t22-;;;;/m1..../s1. The Morgan fingerprint density at radius 1 is 0.868 bits per heavy atom. The van der Waals surface area contributed by atoms with E-state index in [4.69, 9.17) is 9.15 Å². The Balaban J connectivity index is 0.000000215. The van der Waals surface area contributed by atoms with E-state index in [1.807, 2.05) is 43.5 Å². The van der Waals surface area contributed by atoms with E-state index in [1.165, 1.54) is 56.5 Å². The molecule has 10 nitrogen and oxygen atoms in total. The van der Waals surface area contributed by atoms with Crippen LogP contribution < -0.4 is 15.4 Å². The maximum atomic E-state index is 13.1. The first-order valence-electron chi connectivity index (χ1n) is 19.0. The third-order valence-corrected chi connectivity index (χ3v) is 10.00. The van der Waals surface area contributed by atoms with Crippen LogP contribution in [0.5, 0.6) is 5.75 Å². The van der Waals surface area contributed by atoms with Crippen LogP contribution in [-0.4, -0.2) is 64.9 Å². The molecule has 0 spiro atoms. The molecule has 3 aliphatic rings. The molecule has 53 heavy (non-hydrogen) atoms. The van der Waals surface area contributed by atoms with E-state index in [1.54, 1.807) is 31.4 Å². The second-order valence-corrected chi connectivity index (χ2v) is 14.0. The largest absolute Gasteiger partial charge is 0.497 e. The number of nitrogens with one attached hydrogen (secondary N) is 2. The number of hydrogen-bond acceptors (Lipinski definition) is 8. The molecule has 4 heterocycles. The zero-order chi connectivity index (χ0) is 36.8. The van der Waals surface area contributed by atoms with Crippen molar-refractivity contribution in [2.75, 3.05) is 37.4 Å². The average molecular weight is 721 g/mol. The molecule has 2 aromatic heterocycles. The van der Waals surface area contributed by atoms with Gasteiger partial charge in [-0.25, -0.2) is 4.98 Å². The SMILES string of the molecule is COc1ccc(NC=O)cc1.Cc1nc2cccc(CN3CCCC[C@@H]3C(=O)Nc3ccc(C4CC4)cc3)c2o1.[HH].[HH].c1ccc(CN2CCCCC2)nc1. The van der Waals surface area contributed by atoms with Crippen molar-refractivity contribution in [3.63, 3.8) is 0 Å². The first kappa shape index (κ1) is 37.7. The van der Waals surface area contributed by atoms with E-state index < -0.39 is 0 Å². The number of pyridine rings is 1. The van der Waals surface area contributed by atoms with Crippen molar-refractivity contribution in [1.82, 2.24) is 19.8 Å². The number of nitrogens with zero attached hydrogens (tertiary/aromatic N) is 4. The molecule has 1 atom stereocenters. The number of rotatable bonds is 10. The van der Waals surface area contributed by atoms with Gasteiger partial charge < -0.3 is 19.8 Å². The van der Waals surface area contributed by atoms with Crippen molar-refractivity contribution in [1.29, 1.82) is 0 Å². The molecule has 8 rings (SSSR count). The number of benzene rings is 3. The van der Waals surface area contributed by atoms with Gasteiger partial charge in [0.05, 0.1) is 18.8 Å². The summed E-state index contributed by atoms with van der Waals surface area (Å²) in [4.78, 5) is 36.6. The fourth-order valence-electron chi connectivity index (χ4n) is 7.01. The van der Waals surface area contributed by atoms with Gasteiger partial charge in [0.15, 0.2) is 11.5 Å². The Labute approximate surface area is 315 Å². The quantitative estimate of drug-likeness (QED) is 0.138. The summed E-state index contributed by atoms with van der Waals surface area (Å²) in [6.45, 7) is 7.01. The predicted octanol–water partition coefficient (Wildman–Crippen LogP) is 8.83. The van der Waals surface area contributed by atoms with Crippen molar-refractivity contribution in [3.05, 3.63) is 114 Å². The third-order valence-electron chi connectivity index (χ3n) is 10.00. The summed E-state index contributed by atoms with van der Waals surface area (Å²) in [7, 11) is 1.60. The summed E-state index contributed by atoms with van der Waals surface area (Å²) >= 11 is 0. The number of para-hydroxylation sites is 1. The number of methoxy groups -OCH3 is 1. The molecule has 1 saturated carbocycles. The van der Waals surface area contributed by atoms with Gasteiger partial charge in [-0.2, -0.15) is 0 Å². The van der Waals surface area contributed by atoms with Gasteiger partial charge in [0, 0.05) is 46.0 Å². The van der Waals surface area contributed by atoms with Gasteiger partial charge in [-0.15, -0.1) is 0 Å². The Hall–Kier alpha value is -5.06. The van der Waals surface area contributed by atoms with E-state index in [2.05, 4.69) is 60.7 Å². The highest BCUT2D eigenvalue weighted by Gasteiger charge is 2.30. The Morgan fingerprint density at radius 2 is 1.62 bits per heavy atom. The number of aryl methyl sites for hydroxylation is 1. The van der Waals surface area contributed by atoms with Crippen LogP contribution in [0.2, 0.25) is 0 Å². The van der Waals surface area contributed by atoms with Crippen molar-refractivity contribution < 1.29 is 21.6 Å². The summed E-state index contributed by atoms with van der Waals surface area (Å²) in [5, 5.41) is 5.66. The van der Waals surface area contributed by atoms with Crippen LogP contribution in [0, 0.1) is 6.92 Å². The number of carbonyl (C=O) groups is 2. The lowest BCUT2D eigenvalue weighted by molar-refractivity contribution is -0.122. The van der Waals surface area contributed by atoms with Crippen molar-refractivity contribution in [2.45, 2.75) is 83.3 Å². The summed E-state index contributed by atoms with van der Waals surface area (Å²) in [5.74, 6) is 2.28. The molecule has 10 heteroatoms. The fraction of sp³-hybridized carbons (Fsp3) is 0.395. The number of likely N-dealkylation sites (tertiary alicyclic amines) is 2. The zero-order valence-electron chi connectivity index (χ0n) is 31.0. The summed E-state index contributed by atoms with van der Waals surface area (Å²) in [6, 6.07) is 27.6. The Kier molecular flexibility index (Phi) is 13.6. The van der Waals surface area contributed by atoms with Crippen LogP contribution in [0.4, 0.5) is 11.4 Å². The second-order valence-electron chi connectivity index (χ2n) is 14.0. The zero-order valence-corrected chi connectivity index (χ0v) is 31.0. The summed E-state index contributed by atoms with van der Waals surface area (Å²) < 4.78 is 10.8. The molecule has 2 aliphatic heterocycles. The number of aromatic nitrogens is 2. The number of fused-ring (bicyclic) bond motifs is 1. The van der Waals surface area contributed by atoms with E-state index in [-0.39, 0.29) is 14.8 Å². The minimum absolute atomic E-state index is 0. The van der Waals surface area contributed by atoms with Gasteiger partial charge in [-0.1, -0.05) is 43.2 Å². The van der Waals surface area contributed by atoms with Gasteiger partial charge in [-0.05, 0) is 124 Å². The number of piperidine rings is 2. The molecule has 2 amide bonds. The maximum absolute atomic E-state index is 13.1. The van der Waals surface area contributed by atoms with Crippen LogP contribution in [0.1, 0.15) is 82.8 Å². The average Bonchev–Trinajstić information content (AvgIpc) is 3.97. The molecule has 1 aliphatic carbocycles. The van der Waals surface area contributed by atoms with Crippen LogP contribution in [0.3, 0.4) is 0 Å². The highest BCUT2D eigenvalue weighted by molar-refractivity contribution is 5.95. The van der Waals surface area contributed by atoms with Crippen molar-refractivity contribution in [3.8, 4) is 5.75 Å². The number of carbonyl (C=O) groups excluding carboxylic acids is 2. The van der Waals surface area contributed by atoms with Crippen LogP contribution >= 0.6 is 0 Å².